The van der Waals surface area contributed by atoms with Crippen LogP contribution in [0.4, 0.5) is 0 Å². The summed E-state index contributed by atoms with van der Waals surface area (Å²) >= 11 is 0. The average Bonchev–Trinajstić information content (AvgIpc) is 2.44. The number of carbonyl (C=O) groups excluding carboxylic acids is 1. The Morgan fingerprint density at radius 3 is 2.12 bits per heavy atom. The van der Waals surface area contributed by atoms with Gasteiger partial charge in [-0.25, -0.2) is 4.79 Å². The van der Waals surface area contributed by atoms with Crippen molar-refractivity contribution in [2.45, 2.75) is 39.2 Å². The molecule has 0 aliphatic carbocycles. The number of rotatable bonds is 9. The minimum absolute atomic E-state index is 0. The molecule has 6 heteroatoms. The molecule has 0 aromatic heterocycles. The number of aryl methyl sites for hydroxylation is 1. The molecule has 1 aromatic carbocycles. The Bertz CT molecular complexity index is 516. The Kier molecular flexibility index (Phi) is 11.2. The molecular weight excluding hydrogens is 315 g/mol. The molecule has 0 bridgehead atoms. The van der Waals surface area contributed by atoms with E-state index in [4.69, 9.17) is 5.11 Å². The summed E-state index contributed by atoms with van der Waals surface area (Å²) in [6, 6.07) is 7.41. The standard InChI is InChI=1S/C18H28N2O3.Na.H/c1-13(2)11-15-7-5-14(6-8-15)9-10-17(21)19-16(18(22)23)12-20(3)4;;/h5-8,13,16H,9-12H2,1-4H3,(H,19,21)(H,22,23);;/t16-;;/m0../s1. The summed E-state index contributed by atoms with van der Waals surface area (Å²) in [4.78, 5) is 24.8. The van der Waals surface area contributed by atoms with Crippen LogP contribution < -0.4 is 5.32 Å². The molecule has 1 aromatic rings. The minimum atomic E-state index is -1.01. The van der Waals surface area contributed by atoms with Gasteiger partial charge >= 0.3 is 35.5 Å². The number of amides is 1. The van der Waals surface area contributed by atoms with Gasteiger partial charge in [0.05, 0.1) is 0 Å². The third kappa shape index (κ3) is 9.42. The Morgan fingerprint density at radius 2 is 1.67 bits per heavy atom. The van der Waals surface area contributed by atoms with Crippen LogP contribution in [0.5, 0.6) is 0 Å². The molecule has 2 N–H and O–H groups in total. The van der Waals surface area contributed by atoms with E-state index in [0.29, 0.717) is 18.8 Å². The summed E-state index contributed by atoms with van der Waals surface area (Å²) in [5.41, 5.74) is 2.39. The van der Waals surface area contributed by atoms with Crippen molar-refractivity contribution in [1.82, 2.24) is 10.2 Å². The van der Waals surface area contributed by atoms with Gasteiger partial charge in [0.2, 0.25) is 5.91 Å². The van der Waals surface area contributed by atoms with Gasteiger partial charge in [-0.15, -0.1) is 0 Å². The second-order valence-corrected chi connectivity index (χ2v) is 6.64. The number of carbonyl (C=O) groups is 2. The van der Waals surface area contributed by atoms with Gasteiger partial charge in [-0.3, -0.25) is 4.79 Å². The summed E-state index contributed by atoms with van der Waals surface area (Å²) < 4.78 is 0. The molecule has 0 aliphatic heterocycles. The normalized spacial score (nSPS) is 11.9. The van der Waals surface area contributed by atoms with Gasteiger partial charge in [0.1, 0.15) is 6.04 Å². The first-order valence-electron chi connectivity index (χ1n) is 8.02. The first kappa shape index (κ1) is 23.1. The van der Waals surface area contributed by atoms with E-state index in [9.17, 15) is 9.59 Å². The summed E-state index contributed by atoms with van der Waals surface area (Å²) in [5.74, 6) is -0.619. The number of benzene rings is 1. The van der Waals surface area contributed by atoms with E-state index in [1.54, 1.807) is 19.0 Å². The van der Waals surface area contributed by atoms with E-state index in [-0.39, 0.29) is 42.0 Å². The number of hydrogen-bond donors (Lipinski definition) is 2. The second kappa shape index (κ2) is 11.6. The number of nitrogens with zero attached hydrogens (tertiary/aromatic N) is 1. The predicted molar refractivity (Wildman–Crippen MR) is 98.6 cm³/mol. The quantitative estimate of drug-likeness (QED) is 0.663. The Balaban J connectivity index is 0.00000529. The van der Waals surface area contributed by atoms with Gasteiger partial charge in [0, 0.05) is 13.0 Å². The van der Waals surface area contributed by atoms with E-state index in [1.165, 1.54) is 5.56 Å². The fourth-order valence-electron chi connectivity index (χ4n) is 2.39. The van der Waals surface area contributed by atoms with Crippen LogP contribution in [0.3, 0.4) is 0 Å². The van der Waals surface area contributed by atoms with Gasteiger partial charge in [-0.1, -0.05) is 38.1 Å². The van der Waals surface area contributed by atoms with Crippen molar-refractivity contribution in [3.05, 3.63) is 35.4 Å². The van der Waals surface area contributed by atoms with Crippen molar-refractivity contribution in [3.8, 4) is 0 Å². The molecule has 0 spiro atoms. The summed E-state index contributed by atoms with van der Waals surface area (Å²) in [7, 11) is 3.56. The second-order valence-electron chi connectivity index (χ2n) is 6.64. The first-order chi connectivity index (χ1) is 10.8. The predicted octanol–water partition coefficient (Wildman–Crippen LogP) is 1.30. The summed E-state index contributed by atoms with van der Waals surface area (Å²) in [6.07, 6.45) is 1.95. The molecule has 1 amide bonds. The molecule has 24 heavy (non-hydrogen) atoms. The van der Waals surface area contributed by atoms with Crippen molar-refractivity contribution in [3.63, 3.8) is 0 Å². The monoisotopic (exact) mass is 344 g/mol. The molecule has 1 rings (SSSR count). The third-order valence-electron chi connectivity index (χ3n) is 3.49. The fraction of sp³-hybridized carbons (Fsp3) is 0.556. The van der Waals surface area contributed by atoms with Crippen molar-refractivity contribution in [2.24, 2.45) is 5.92 Å². The van der Waals surface area contributed by atoms with E-state index in [2.05, 4.69) is 31.3 Å². The molecule has 0 radical (unpaired) electrons. The molecule has 0 aliphatic rings. The van der Waals surface area contributed by atoms with Crippen LogP contribution in [0.15, 0.2) is 24.3 Å². The van der Waals surface area contributed by atoms with Crippen LogP contribution in [-0.4, -0.2) is 78.1 Å². The topological polar surface area (TPSA) is 69.6 Å². The SMILES string of the molecule is CC(C)Cc1ccc(CCC(=O)N[C@@H](CN(C)C)C(=O)O)cc1.[NaH]. The average molecular weight is 344 g/mol. The Labute approximate surface area is 167 Å². The first-order valence-corrected chi connectivity index (χ1v) is 8.02. The Morgan fingerprint density at radius 1 is 1.12 bits per heavy atom. The van der Waals surface area contributed by atoms with Crippen LogP contribution in [0.25, 0.3) is 0 Å². The van der Waals surface area contributed by atoms with Crippen molar-refractivity contribution < 1.29 is 14.7 Å². The number of aliphatic carboxylic acids is 1. The van der Waals surface area contributed by atoms with E-state index < -0.39 is 12.0 Å². The van der Waals surface area contributed by atoms with Crippen molar-refractivity contribution in [1.29, 1.82) is 0 Å². The van der Waals surface area contributed by atoms with Crippen LogP contribution in [0.2, 0.25) is 0 Å². The molecule has 1 atom stereocenters. The number of nitrogens with one attached hydrogen (secondary N) is 1. The molecule has 130 valence electrons. The van der Waals surface area contributed by atoms with Gasteiger partial charge < -0.3 is 15.3 Å². The fourth-order valence-corrected chi connectivity index (χ4v) is 2.39. The van der Waals surface area contributed by atoms with Crippen molar-refractivity contribution >= 4 is 41.4 Å². The summed E-state index contributed by atoms with van der Waals surface area (Å²) in [5, 5.41) is 11.7. The molecule has 0 saturated heterocycles. The van der Waals surface area contributed by atoms with Gasteiger partial charge in [0.25, 0.3) is 0 Å². The van der Waals surface area contributed by atoms with E-state index in [1.807, 2.05) is 12.1 Å². The molecule has 5 nitrogen and oxygen atoms in total. The van der Waals surface area contributed by atoms with Gasteiger partial charge in [-0.2, -0.15) is 0 Å². The number of hydrogen-bond acceptors (Lipinski definition) is 3. The Hall–Kier alpha value is -0.880. The molecular formula is C18H29N2NaO3. The van der Waals surface area contributed by atoms with Crippen molar-refractivity contribution in [2.75, 3.05) is 20.6 Å². The van der Waals surface area contributed by atoms with Gasteiger partial charge in [-0.05, 0) is 44.0 Å². The van der Waals surface area contributed by atoms with Crippen LogP contribution in [0.1, 0.15) is 31.4 Å². The van der Waals surface area contributed by atoms with Crippen LogP contribution >= 0.6 is 0 Å². The van der Waals surface area contributed by atoms with Crippen LogP contribution in [0, 0.1) is 5.92 Å². The zero-order valence-electron chi connectivity index (χ0n) is 14.5. The zero-order chi connectivity index (χ0) is 17.4. The molecule has 0 unspecified atom stereocenters. The molecule has 0 heterocycles. The maximum absolute atomic E-state index is 11.9. The van der Waals surface area contributed by atoms with E-state index in [0.717, 1.165) is 12.0 Å². The van der Waals surface area contributed by atoms with Gasteiger partial charge in [0.15, 0.2) is 0 Å². The number of carboxylic acids is 1. The number of likely N-dealkylation sites (N-methyl/N-ethyl adjacent to an activating group) is 1. The van der Waals surface area contributed by atoms with E-state index >= 15 is 0 Å². The number of carboxylic acid groups (broad SMARTS) is 1. The molecule has 0 fully saturated rings. The van der Waals surface area contributed by atoms with Crippen LogP contribution in [-0.2, 0) is 22.4 Å². The zero-order valence-corrected chi connectivity index (χ0v) is 14.5. The maximum atomic E-state index is 11.9. The third-order valence-corrected chi connectivity index (χ3v) is 3.49. The summed E-state index contributed by atoms with van der Waals surface area (Å²) in [6.45, 7) is 4.65. The molecule has 0 saturated carbocycles.